The molecule has 1 aliphatic rings. The summed E-state index contributed by atoms with van der Waals surface area (Å²) >= 11 is 5.47. The maximum atomic E-state index is 12.4. The average Bonchev–Trinajstić information content (AvgIpc) is 2.74. The van der Waals surface area contributed by atoms with E-state index in [0.717, 1.165) is 8.04 Å². The van der Waals surface area contributed by atoms with Crippen LogP contribution in [0.4, 0.5) is 0 Å². The van der Waals surface area contributed by atoms with Crippen LogP contribution in [-0.4, -0.2) is 35.0 Å². The smallest absolute Gasteiger partial charge is 0.308 e. The maximum absolute atomic E-state index is 12.4. The molecule has 0 aliphatic carbocycles. The summed E-state index contributed by atoms with van der Waals surface area (Å²) in [4.78, 5) is 25.2. The average molecular weight is 438 g/mol. The quantitative estimate of drug-likeness (QED) is 0.724. The molecule has 2 atom stereocenters. The Morgan fingerprint density at radius 1 is 1.42 bits per heavy atom. The van der Waals surface area contributed by atoms with E-state index < -0.39 is 11.9 Å². The Hall–Kier alpha value is -0.630. The summed E-state index contributed by atoms with van der Waals surface area (Å²) in [7, 11) is 0. The number of carboxylic acid groups (broad SMARTS) is 1. The van der Waals surface area contributed by atoms with Crippen molar-refractivity contribution in [3.05, 3.63) is 31.8 Å². The highest BCUT2D eigenvalue weighted by molar-refractivity contribution is 14.1. The van der Waals surface area contributed by atoms with Gasteiger partial charge in [-0.05, 0) is 46.7 Å². The number of amides is 1. The van der Waals surface area contributed by atoms with Crippen molar-refractivity contribution in [1.29, 1.82) is 0 Å². The normalized spacial score (nSPS) is 22.6. The molecule has 0 unspecified atom stereocenters. The predicted molar refractivity (Wildman–Crippen MR) is 83.1 cm³/mol. The van der Waals surface area contributed by atoms with Crippen LogP contribution in [0.5, 0.6) is 0 Å². The second kappa shape index (κ2) is 5.78. The fraction of sp³-hybridized carbons (Fsp3) is 0.385. The van der Waals surface area contributed by atoms with Crippen LogP contribution in [0.3, 0.4) is 0 Å². The van der Waals surface area contributed by atoms with Crippen LogP contribution >= 0.6 is 38.5 Å². The molecule has 1 aromatic rings. The monoisotopic (exact) mass is 437 g/mol. The Morgan fingerprint density at radius 3 is 2.68 bits per heavy atom. The van der Waals surface area contributed by atoms with Crippen LogP contribution < -0.4 is 0 Å². The largest absolute Gasteiger partial charge is 0.481 e. The molecule has 4 nitrogen and oxygen atoms in total. The molecular weight excluding hydrogens is 425 g/mol. The number of likely N-dealkylation sites (tertiary alicyclic amines) is 1. The maximum Gasteiger partial charge on any atom is 0.308 e. The number of carbonyl (C=O) groups excluding carboxylic acids is 1. The zero-order valence-electron chi connectivity index (χ0n) is 10.3. The zero-order chi connectivity index (χ0) is 14.2. The van der Waals surface area contributed by atoms with Crippen LogP contribution in [0, 0.1) is 15.4 Å². The molecule has 1 fully saturated rings. The first kappa shape index (κ1) is 14.8. The van der Waals surface area contributed by atoms with Gasteiger partial charge in [0.2, 0.25) is 0 Å². The van der Waals surface area contributed by atoms with Gasteiger partial charge in [-0.25, -0.2) is 0 Å². The Bertz CT molecular complexity index is 535. The molecule has 0 aromatic heterocycles. The topological polar surface area (TPSA) is 57.6 Å². The third-order valence-electron chi connectivity index (χ3n) is 3.38. The molecule has 0 spiro atoms. The van der Waals surface area contributed by atoms with Crippen molar-refractivity contribution in [2.45, 2.75) is 6.92 Å². The van der Waals surface area contributed by atoms with Gasteiger partial charge in [-0.1, -0.05) is 22.9 Å². The molecule has 1 aromatic carbocycles. The number of nitrogens with zero attached hydrogens (tertiary/aromatic N) is 1. The minimum Gasteiger partial charge on any atom is -0.481 e. The summed E-state index contributed by atoms with van der Waals surface area (Å²) in [5, 5.41) is 9.11. The molecule has 1 saturated heterocycles. The van der Waals surface area contributed by atoms with Crippen molar-refractivity contribution < 1.29 is 14.7 Å². The van der Waals surface area contributed by atoms with Gasteiger partial charge in [0, 0.05) is 21.1 Å². The lowest BCUT2D eigenvalue weighted by molar-refractivity contribution is -0.142. The van der Waals surface area contributed by atoms with Crippen LogP contribution in [0.25, 0.3) is 0 Å². The van der Waals surface area contributed by atoms with Gasteiger partial charge in [-0.2, -0.15) is 0 Å². The van der Waals surface area contributed by atoms with Gasteiger partial charge in [0.1, 0.15) is 0 Å². The van der Waals surface area contributed by atoms with E-state index in [9.17, 15) is 9.59 Å². The summed E-state index contributed by atoms with van der Waals surface area (Å²) in [6, 6.07) is 5.53. The first-order chi connectivity index (χ1) is 8.90. The van der Waals surface area contributed by atoms with E-state index in [1.807, 2.05) is 19.1 Å². The lowest BCUT2D eigenvalue weighted by Gasteiger charge is -2.17. The van der Waals surface area contributed by atoms with Gasteiger partial charge in [0.15, 0.2) is 0 Å². The second-order valence-corrected chi connectivity index (χ2v) is 6.83. The molecule has 6 heteroatoms. The molecule has 102 valence electrons. The Morgan fingerprint density at radius 2 is 2.11 bits per heavy atom. The minimum absolute atomic E-state index is 0.00809. The van der Waals surface area contributed by atoms with E-state index in [4.69, 9.17) is 5.11 Å². The number of aliphatic carboxylic acids is 1. The Kier molecular flexibility index (Phi) is 4.50. The van der Waals surface area contributed by atoms with E-state index in [1.165, 1.54) is 0 Å². The second-order valence-electron chi connectivity index (χ2n) is 4.76. The highest BCUT2D eigenvalue weighted by Gasteiger charge is 2.37. The lowest BCUT2D eigenvalue weighted by Crippen LogP contribution is -2.30. The summed E-state index contributed by atoms with van der Waals surface area (Å²) < 4.78 is 1.72. The number of hydrogen-bond acceptors (Lipinski definition) is 2. The van der Waals surface area contributed by atoms with Crippen LogP contribution in [0.1, 0.15) is 17.3 Å². The molecule has 0 radical (unpaired) electrons. The molecule has 1 aliphatic heterocycles. The predicted octanol–water partition coefficient (Wildman–Crippen LogP) is 2.85. The molecule has 1 amide bonds. The fourth-order valence-corrected chi connectivity index (χ4v) is 3.21. The van der Waals surface area contributed by atoms with Gasteiger partial charge in [0.25, 0.3) is 5.91 Å². The Balaban J connectivity index is 2.22. The third-order valence-corrected chi connectivity index (χ3v) is 4.81. The SMILES string of the molecule is C[C@@H]1CN(C(=O)c2cc(Br)ccc2I)C[C@H]1C(=O)O. The van der Waals surface area contributed by atoms with Gasteiger partial charge in [-0.3, -0.25) is 9.59 Å². The number of carboxylic acids is 1. The molecule has 19 heavy (non-hydrogen) atoms. The lowest BCUT2D eigenvalue weighted by atomic mass is 9.99. The van der Waals surface area contributed by atoms with Crippen LogP contribution in [0.15, 0.2) is 22.7 Å². The van der Waals surface area contributed by atoms with Crippen molar-refractivity contribution in [3.8, 4) is 0 Å². The fourth-order valence-electron chi connectivity index (χ4n) is 2.29. The van der Waals surface area contributed by atoms with Crippen LogP contribution in [-0.2, 0) is 4.79 Å². The summed E-state index contributed by atoms with van der Waals surface area (Å²) in [6.45, 7) is 2.66. The van der Waals surface area contributed by atoms with Crippen molar-refractivity contribution in [2.75, 3.05) is 13.1 Å². The zero-order valence-corrected chi connectivity index (χ0v) is 14.0. The van der Waals surface area contributed by atoms with Crippen molar-refractivity contribution in [3.63, 3.8) is 0 Å². The molecular formula is C13H13BrINO3. The Labute approximate surface area is 133 Å². The van der Waals surface area contributed by atoms with Gasteiger partial charge >= 0.3 is 5.97 Å². The van der Waals surface area contributed by atoms with Gasteiger partial charge in [-0.15, -0.1) is 0 Å². The minimum atomic E-state index is -0.827. The standard InChI is InChI=1S/C13H13BrINO3/c1-7-5-16(6-10(7)13(18)19)12(17)9-4-8(14)2-3-11(9)15/h2-4,7,10H,5-6H2,1H3,(H,18,19)/t7-,10-/m1/s1. The van der Waals surface area contributed by atoms with E-state index in [2.05, 4.69) is 38.5 Å². The van der Waals surface area contributed by atoms with Crippen molar-refractivity contribution in [2.24, 2.45) is 11.8 Å². The summed E-state index contributed by atoms with van der Waals surface area (Å²) in [5.41, 5.74) is 0.619. The number of rotatable bonds is 2. The highest BCUT2D eigenvalue weighted by atomic mass is 127. The number of halogens is 2. The van der Waals surface area contributed by atoms with E-state index in [-0.39, 0.29) is 18.4 Å². The number of benzene rings is 1. The number of hydrogen-bond donors (Lipinski definition) is 1. The molecule has 0 saturated carbocycles. The highest BCUT2D eigenvalue weighted by Crippen LogP contribution is 2.27. The van der Waals surface area contributed by atoms with Crippen LogP contribution in [0.2, 0.25) is 0 Å². The van der Waals surface area contributed by atoms with E-state index in [1.54, 1.807) is 11.0 Å². The molecule has 1 heterocycles. The van der Waals surface area contributed by atoms with Crippen molar-refractivity contribution >= 4 is 50.4 Å². The van der Waals surface area contributed by atoms with E-state index in [0.29, 0.717) is 12.1 Å². The van der Waals surface area contributed by atoms with Gasteiger partial charge < -0.3 is 10.0 Å². The summed E-state index contributed by atoms with van der Waals surface area (Å²) in [6.07, 6.45) is 0. The molecule has 2 rings (SSSR count). The first-order valence-electron chi connectivity index (χ1n) is 5.87. The van der Waals surface area contributed by atoms with Crippen molar-refractivity contribution in [1.82, 2.24) is 4.90 Å². The molecule has 0 bridgehead atoms. The summed E-state index contributed by atoms with van der Waals surface area (Å²) in [5.74, 6) is -1.40. The first-order valence-corrected chi connectivity index (χ1v) is 7.74. The van der Waals surface area contributed by atoms with E-state index >= 15 is 0 Å². The number of carbonyl (C=O) groups is 2. The molecule has 1 N–H and O–H groups in total. The third kappa shape index (κ3) is 3.10. The van der Waals surface area contributed by atoms with Gasteiger partial charge in [0.05, 0.1) is 11.5 Å².